The largest absolute Gasteiger partial charge is 0.405 e. The van der Waals surface area contributed by atoms with Gasteiger partial charge in [-0.1, -0.05) is 0 Å². The third kappa shape index (κ3) is 3.25. The normalized spacial score (nSPS) is 37.3. The third-order valence-corrected chi connectivity index (χ3v) is 6.08. The minimum atomic E-state index is -4.54. The van der Waals surface area contributed by atoms with Gasteiger partial charge in [0, 0.05) is 13.7 Å². The van der Waals surface area contributed by atoms with Gasteiger partial charge in [-0.15, -0.1) is 0 Å². The summed E-state index contributed by atoms with van der Waals surface area (Å²) >= 11 is 0. The highest BCUT2D eigenvalue weighted by atomic mass is 19.4. The zero-order valence-corrected chi connectivity index (χ0v) is 13.6. The van der Waals surface area contributed by atoms with Crippen molar-refractivity contribution < 1.29 is 27.5 Å². The molecule has 0 aromatic carbocycles. The lowest BCUT2D eigenvalue weighted by molar-refractivity contribution is -0.188. The van der Waals surface area contributed by atoms with Gasteiger partial charge in [0.2, 0.25) is 0 Å². The molecule has 8 heteroatoms. The number of nitrogens with one attached hydrogen (secondary N) is 2. The van der Waals surface area contributed by atoms with Crippen molar-refractivity contribution in [2.24, 2.45) is 23.7 Å². The summed E-state index contributed by atoms with van der Waals surface area (Å²) in [5.74, 6) is -0.162. The van der Waals surface area contributed by atoms with E-state index >= 15 is 0 Å². The summed E-state index contributed by atoms with van der Waals surface area (Å²) in [6.45, 7) is -1.33. The van der Waals surface area contributed by atoms with Gasteiger partial charge in [-0.25, -0.2) is 0 Å². The molecular formula is C16H23F3N2O3. The van der Waals surface area contributed by atoms with Crippen molar-refractivity contribution >= 4 is 11.8 Å². The van der Waals surface area contributed by atoms with Crippen molar-refractivity contribution in [1.82, 2.24) is 10.6 Å². The number of alkyl halides is 3. The second-order valence-corrected chi connectivity index (χ2v) is 7.44. The Kier molecular flexibility index (Phi) is 4.53. The van der Waals surface area contributed by atoms with Crippen molar-refractivity contribution in [2.45, 2.75) is 43.9 Å². The fourth-order valence-electron chi connectivity index (χ4n) is 5.24. The smallest absolute Gasteiger partial charge is 0.376 e. The summed E-state index contributed by atoms with van der Waals surface area (Å²) < 4.78 is 42.1. The number of carbonyl (C=O) groups is 2. The zero-order valence-electron chi connectivity index (χ0n) is 13.6. The summed E-state index contributed by atoms with van der Waals surface area (Å²) in [4.78, 5) is 23.3. The maximum absolute atomic E-state index is 12.1. The molecule has 4 aliphatic carbocycles. The molecular weight excluding hydrogens is 325 g/mol. The molecule has 24 heavy (non-hydrogen) atoms. The van der Waals surface area contributed by atoms with E-state index in [1.165, 1.54) is 6.42 Å². The molecule has 0 spiro atoms. The molecule has 0 saturated heterocycles. The molecule has 136 valence electrons. The van der Waals surface area contributed by atoms with Gasteiger partial charge in [-0.3, -0.25) is 9.59 Å². The van der Waals surface area contributed by atoms with E-state index in [1.807, 2.05) is 0 Å². The van der Waals surface area contributed by atoms with Crippen molar-refractivity contribution in [3.05, 3.63) is 0 Å². The van der Waals surface area contributed by atoms with Crippen LogP contribution < -0.4 is 10.6 Å². The van der Waals surface area contributed by atoms with Crippen LogP contribution in [0.5, 0.6) is 0 Å². The minimum absolute atomic E-state index is 0.177. The van der Waals surface area contributed by atoms with Gasteiger partial charge in [0.15, 0.2) is 0 Å². The Morgan fingerprint density at radius 3 is 1.96 bits per heavy atom. The number of hydrogen-bond donors (Lipinski definition) is 2. The predicted molar refractivity (Wildman–Crippen MR) is 78.9 cm³/mol. The Balaban J connectivity index is 1.58. The molecule has 4 fully saturated rings. The van der Waals surface area contributed by atoms with Gasteiger partial charge < -0.3 is 15.4 Å². The first-order chi connectivity index (χ1) is 11.2. The molecule has 0 radical (unpaired) electrons. The van der Waals surface area contributed by atoms with Crippen LogP contribution in [-0.2, 0) is 14.3 Å². The van der Waals surface area contributed by atoms with E-state index in [0.29, 0.717) is 11.8 Å². The average molecular weight is 348 g/mol. The summed E-state index contributed by atoms with van der Waals surface area (Å²) in [6, 6.07) is 0. The molecule has 2 amide bonds. The number of ether oxygens (including phenoxy) is 1. The Labute approximate surface area is 138 Å². The molecule has 4 aliphatic rings. The van der Waals surface area contributed by atoms with Gasteiger partial charge in [0.1, 0.15) is 6.54 Å². The van der Waals surface area contributed by atoms with E-state index in [4.69, 9.17) is 4.74 Å². The van der Waals surface area contributed by atoms with Crippen LogP contribution in [-0.4, -0.2) is 43.8 Å². The number of carbonyl (C=O) groups excluding carboxylic acids is 2. The monoisotopic (exact) mass is 348 g/mol. The molecule has 0 aliphatic heterocycles. The zero-order chi connectivity index (χ0) is 17.5. The van der Waals surface area contributed by atoms with Crippen LogP contribution in [0.4, 0.5) is 13.2 Å². The minimum Gasteiger partial charge on any atom is -0.376 e. The van der Waals surface area contributed by atoms with Crippen molar-refractivity contribution in [3.63, 3.8) is 0 Å². The SMILES string of the molecule is COC1(CNC(=O)C(=O)NCC(F)(F)F)C2CC3CC(C2)CC1C3. The standard InChI is InChI=1S/C16H23F3N2O3/c1-24-15(7-20-13(22)14(23)21-8-16(17,18)19)11-3-9-2-10(5-11)6-12(15)4-9/h9-12H,2-8H2,1H3,(H,20,22)(H,21,23). The van der Waals surface area contributed by atoms with Gasteiger partial charge in [0.05, 0.1) is 5.60 Å². The highest BCUT2D eigenvalue weighted by Crippen LogP contribution is 2.59. The summed E-state index contributed by atoms with van der Waals surface area (Å²) in [6.07, 6.45) is 1.01. The first-order valence-electron chi connectivity index (χ1n) is 8.41. The number of amides is 2. The fourth-order valence-corrected chi connectivity index (χ4v) is 5.24. The molecule has 0 atom stereocenters. The van der Waals surface area contributed by atoms with Gasteiger partial charge >= 0.3 is 18.0 Å². The van der Waals surface area contributed by atoms with Crippen molar-refractivity contribution in [2.75, 3.05) is 20.2 Å². The van der Waals surface area contributed by atoms with E-state index in [2.05, 4.69) is 5.32 Å². The molecule has 0 unspecified atom stereocenters. The maximum Gasteiger partial charge on any atom is 0.405 e. The third-order valence-electron chi connectivity index (χ3n) is 6.08. The second kappa shape index (κ2) is 6.20. The molecule has 0 heterocycles. The molecule has 5 nitrogen and oxygen atoms in total. The van der Waals surface area contributed by atoms with Crippen molar-refractivity contribution in [3.8, 4) is 0 Å². The Morgan fingerprint density at radius 1 is 1.00 bits per heavy atom. The summed E-state index contributed by atoms with van der Waals surface area (Å²) in [7, 11) is 1.62. The van der Waals surface area contributed by atoms with E-state index in [0.717, 1.165) is 37.5 Å². The van der Waals surface area contributed by atoms with Gasteiger partial charge in [-0.05, 0) is 55.8 Å². The molecule has 0 aromatic rings. The molecule has 4 rings (SSSR count). The average Bonchev–Trinajstić information content (AvgIpc) is 2.51. The van der Waals surface area contributed by atoms with E-state index in [9.17, 15) is 22.8 Å². The quantitative estimate of drug-likeness (QED) is 0.759. The number of methoxy groups -OCH3 is 1. The maximum atomic E-state index is 12.1. The lowest BCUT2D eigenvalue weighted by Crippen LogP contribution is -2.63. The Bertz CT molecular complexity index is 493. The first kappa shape index (κ1) is 17.5. The van der Waals surface area contributed by atoms with E-state index in [-0.39, 0.29) is 6.54 Å². The number of hydrogen-bond acceptors (Lipinski definition) is 3. The Hall–Kier alpha value is -1.31. The lowest BCUT2D eigenvalue weighted by Gasteiger charge is -2.60. The molecule has 0 aromatic heterocycles. The first-order valence-corrected chi connectivity index (χ1v) is 8.41. The Morgan fingerprint density at radius 2 is 1.50 bits per heavy atom. The van der Waals surface area contributed by atoms with E-state index in [1.54, 1.807) is 12.4 Å². The summed E-state index contributed by atoms with van der Waals surface area (Å²) in [5.41, 5.74) is -0.493. The van der Waals surface area contributed by atoms with Crippen LogP contribution in [0.2, 0.25) is 0 Å². The predicted octanol–water partition coefficient (Wildman–Crippen LogP) is 1.62. The second-order valence-electron chi connectivity index (χ2n) is 7.44. The van der Waals surface area contributed by atoms with Gasteiger partial charge in [0.25, 0.3) is 0 Å². The lowest BCUT2D eigenvalue weighted by atomic mass is 9.49. The van der Waals surface area contributed by atoms with Crippen LogP contribution in [0.3, 0.4) is 0 Å². The van der Waals surface area contributed by atoms with Gasteiger partial charge in [-0.2, -0.15) is 13.2 Å². The van der Waals surface area contributed by atoms with Crippen LogP contribution in [0, 0.1) is 23.7 Å². The molecule has 2 N–H and O–H groups in total. The highest BCUT2D eigenvalue weighted by Gasteiger charge is 2.57. The fraction of sp³-hybridized carbons (Fsp3) is 0.875. The summed E-state index contributed by atoms with van der Waals surface area (Å²) in [5, 5.41) is 4.08. The highest BCUT2D eigenvalue weighted by molar-refractivity contribution is 6.35. The molecule has 4 saturated carbocycles. The van der Waals surface area contributed by atoms with Crippen LogP contribution in [0.15, 0.2) is 0 Å². The van der Waals surface area contributed by atoms with Crippen LogP contribution in [0.25, 0.3) is 0 Å². The topological polar surface area (TPSA) is 67.4 Å². The number of halogens is 3. The number of rotatable bonds is 4. The van der Waals surface area contributed by atoms with Crippen LogP contribution in [0.1, 0.15) is 32.1 Å². The molecule has 4 bridgehead atoms. The van der Waals surface area contributed by atoms with Crippen LogP contribution >= 0.6 is 0 Å². The van der Waals surface area contributed by atoms with E-state index < -0.39 is 30.1 Å². The van der Waals surface area contributed by atoms with Crippen molar-refractivity contribution in [1.29, 1.82) is 0 Å².